The fourth-order valence-electron chi connectivity index (χ4n) is 4.42. The second-order valence-corrected chi connectivity index (χ2v) is 9.21. The fraction of sp³-hybridized carbons (Fsp3) is 0.600. The Labute approximate surface area is 197 Å². The lowest BCUT2D eigenvalue weighted by molar-refractivity contribution is 0.405. The minimum absolute atomic E-state index is 0.259. The van der Waals surface area contributed by atoms with E-state index in [9.17, 15) is 5.11 Å². The van der Waals surface area contributed by atoms with Crippen LogP contribution in [-0.4, -0.2) is 5.11 Å². The molecule has 0 amide bonds. The second-order valence-electron chi connectivity index (χ2n) is 9.21. The van der Waals surface area contributed by atoms with Crippen LogP contribution in [0.1, 0.15) is 115 Å². The van der Waals surface area contributed by atoms with Gasteiger partial charge in [0.25, 0.3) is 0 Å². The predicted octanol–water partition coefficient (Wildman–Crippen LogP) is 9.77. The van der Waals surface area contributed by atoms with Crippen molar-refractivity contribution in [2.24, 2.45) is 0 Å². The maximum atomic E-state index is 10.6. The number of benzene rings is 2. The van der Waals surface area contributed by atoms with Crippen LogP contribution in [0.15, 0.2) is 42.5 Å². The van der Waals surface area contributed by atoms with Crippen LogP contribution < -0.4 is 4.74 Å². The zero-order chi connectivity index (χ0) is 22.9. The topological polar surface area (TPSA) is 29.5 Å². The molecule has 1 N–H and O–H groups in total. The van der Waals surface area contributed by atoms with Crippen LogP contribution in [0.5, 0.6) is 17.2 Å². The highest BCUT2D eigenvalue weighted by Gasteiger charge is 2.15. The lowest BCUT2D eigenvalue weighted by Gasteiger charge is -2.17. The van der Waals surface area contributed by atoms with Crippen molar-refractivity contribution in [3.63, 3.8) is 0 Å². The summed E-state index contributed by atoms with van der Waals surface area (Å²) >= 11 is 0. The Morgan fingerprint density at radius 2 is 1.12 bits per heavy atom. The van der Waals surface area contributed by atoms with Gasteiger partial charge < -0.3 is 9.84 Å². The summed E-state index contributed by atoms with van der Waals surface area (Å²) in [5.74, 6) is 1.72. The average molecular weight is 439 g/mol. The maximum Gasteiger partial charge on any atom is 0.172 e. The molecule has 0 aromatic heterocycles. The summed E-state index contributed by atoms with van der Waals surface area (Å²) in [5.41, 5.74) is 2.57. The molecule has 2 rings (SSSR count). The van der Waals surface area contributed by atoms with E-state index < -0.39 is 0 Å². The molecule has 2 nitrogen and oxygen atoms in total. The highest BCUT2D eigenvalue weighted by Crippen LogP contribution is 2.38. The normalized spacial score (nSPS) is 11.1. The lowest BCUT2D eigenvalue weighted by Crippen LogP contribution is -2.00. The second kappa shape index (κ2) is 16.6. The number of hydrogen-bond acceptors (Lipinski definition) is 2. The van der Waals surface area contributed by atoms with E-state index in [1.54, 1.807) is 0 Å². The minimum atomic E-state index is 0.259. The SMILES string of the molecule is CCCCCCCCCCc1c(CCCCCCCC)ccc(O)c1Oc1ccccc1. The molecular formula is C30H46O2. The van der Waals surface area contributed by atoms with E-state index in [0.29, 0.717) is 5.75 Å². The third-order valence-corrected chi connectivity index (χ3v) is 6.38. The van der Waals surface area contributed by atoms with E-state index in [1.165, 1.54) is 94.6 Å². The van der Waals surface area contributed by atoms with Crippen LogP contribution >= 0.6 is 0 Å². The van der Waals surface area contributed by atoms with Crippen LogP contribution in [0.2, 0.25) is 0 Å². The largest absolute Gasteiger partial charge is 0.504 e. The Morgan fingerprint density at radius 1 is 0.594 bits per heavy atom. The molecule has 0 spiro atoms. The van der Waals surface area contributed by atoms with Gasteiger partial charge in [0, 0.05) is 5.56 Å². The molecule has 0 aliphatic rings. The predicted molar refractivity (Wildman–Crippen MR) is 138 cm³/mol. The highest BCUT2D eigenvalue weighted by atomic mass is 16.5. The van der Waals surface area contributed by atoms with Gasteiger partial charge in [-0.3, -0.25) is 0 Å². The molecule has 32 heavy (non-hydrogen) atoms. The van der Waals surface area contributed by atoms with Crippen LogP contribution in [0.3, 0.4) is 0 Å². The third-order valence-electron chi connectivity index (χ3n) is 6.38. The molecule has 0 fully saturated rings. The lowest BCUT2D eigenvalue weighted by atomic mass is 9.95. The van der Waals surface area contributed by atoms with Crippen molar-refractivity contribution in [2.75, 3.05) is 0 Å². The van der Waals surface area contributed by atoms with Crippen LogP contribution in [-0.2, 0) is 12.8 Å². The van der Waals surface area contributed by atoms with Crippen molar-refractivity contribution >= 4 is 0 Å². The van der Waals surface area contributed by atoms with Crippen molar-refractivity contribution < 1.29 is 9.84 Å². The molecule has 178 valence electrons. The summed E-state index contributed by atoms with van der Waals surface area (Å²) in [6.07, 6.45) is 20.3. The standard InChI is InChI=1S/C30H46O2/c1-3-5-7-9-11-12-14-19-23-28-26(20-16-13-10-8-6-4-2)24-25-29(31)30(28)32-27-21-17-15-18-22-27/h15,17-18,21-22,24-25,31H,3-14,16,19-20,23H2,1-2H3. The molecule has 0 aliphatic carbocycles. The molecule has 2 aromatic rings. The first kappa shape index (κ1) is 26.3. The van der Waals surface area contributed by atoms with Crippen molar-refractivity contribution in [1.29, 1.82) is 0 Å². The number of unbranched alkanes of at least 4 members (excludes halogenated alkanes) is 12. The van der Waals surface area contributed by atoms with Gasteiger partial charge in [-0.1, -0.05) is 115 Å². The highest BCUT2D eigenvalue weighted by molar-refractivity contribution is 5.52. The molecule has 0 unspecified atom stereocenters. The molecule has 0 aliphatic heterocycles. The van der Waals surface area contributed by atoms with E-state index in [2.05, 4.69) is 19.9 Å². The molecule has 0 atom stereocenters. The Bertz CT molecular complexity index is 723. The van der Waals surface area contributed by atoms with E-state index in [0.717, 1.165) is 25.0 Å². The number of aryl methyl sites for hydroxylation is 1. The van der Waals surface area contributed by atoms with E-state index in [1.807, 2.05) is 36.4 Å². The van der Waals surface area contributed by atoms with Crippen molar-refractivity contribution in [3.05, 3.63) is 53.6 Å². The zero-order valence-corrected chi connectivity index (χ0v) is 20.7. The number of phenols is 1. The maximum absolute atomic E-state index is 10.6. The Hall–Kier alpha value is -1.96. The molecular weight excluding hydrogens is 392 g/mol. The van der Waals surface area contributed by atoms with Crippen LogP contribution in [0.4, 0.5) is 0 Å². The molecule has 2 aromatic carbocycles. The van der Waals surface area contributed by atoms with Crippen molar-refractivity contribution in [1.82, 2.24) is 0 Å². The van der Waals surface area contributed by atoms with E-state index in [4.69, 9.17) is 4.74 Å². The number of phenolic OH excluding ortho intramolecular Hbond substituents is 1. The summed E-state index contributed by atoms with van der Waals surface area (Å²) < 4.78 is 6.21. The van der Waals surface area contributed by atoms with Crippen molar-refractivity contribution in [3.8, 4) is 17.2 Å². The smallest absolute Gasteiger partial charge is 0.172 e. The molecule has 0 radical (unpaired) electrons. The van der Waals surface area contributed by atoms with E-state index in [-0.39, 0.29) is 5.75 Å². The number of para-hydroxylation sites is 1. The first-order valence-corrected chi connectivity index (χ1v) is 13.3. The molecule has 0 saturated carbocycles. The summed E-state index contributed by atoms with van der Waals surface area (Å²) in [6, 6.07) is 13.8. The van der Waals surface area contributed by atoms with Gasteiger partial charge in [0.15, 0.2) is 11.5 Å². The Morgan fingerprint density at radius 3 is 1.72 bits per heavy atom. The molecule has 0 saturated heterocycles. The third kappa shape index (κ3) is 10.1. The zero-order valence-electron chi connectivity index (χ0n) is 20.7. The van der Waals surface area contributed by atoms with Gasteiger partial charge in [-0.25, -0.2) is 0 Å². The Kier molecular flexibility index (Phi) is 13.7. The number of rotatable bonds is 18. The van der Waals surface area contributed by atoms with Gasteiger partial charge in [0.1, 0.15) is 5.75 Å². The van der Waals surface area contributed by atoms with Crippen LogP contribution in [0, 0.1) is 0 Å². The summed E-state index contributed by atoms with van der Waals surface area (Å²) in [7, 11) is 0. The summed E-state index contributed by atoms with van der Waals surface area (Å²) in [6.45, 7) is 4.54. The number of ether oxygens (including phenoxy) is 1. The quantitative estimate of drug-likeness (QED) is 0.235. The van der Waals surface area contributed by atoms with Crippen LogP contribution in [0.25, 0.3) is 0 Å². The first-order valence-electron chi connectivity index (χ1n) is 13.3. The van der Waals surface area contributed by atoms with Gasteiger partial charge in [0.05, 0.1) is 0 Å². The average Bonchev–Trinajstić information content (AvgIpc) is 2.81. The summed E-state index contributed by atoms with van der Waals surface area (Å²) in [4.78, 5) is 0. The molecule has 0 heterocycles. The molecule has 2 heteroatoms. The number of hydrogen-bond donors (Lipinski definition) is 1. The van der Waals surface area contributed by atoms with Gasteiger partial charge in [-0.15, -0.1) is 0 Å². The van der Waals surface area contributed by atoms with Gasteiger partial charge in [-0.05, 0) is 49.4 Å². The van der Waals surface area contributed by atoms with Crippen molar-refractivity contribution in [2.45, 2.75) is 117 Å². The molecule has 0 bridgehead atoms. The Balaban J connectivity index is 1.99. The minimum Gasteiger partial charge on any atom is -0.504 e. The van der Waals surface area contributed by atoms with E-state index >= 15 is 0 Å². The van der Waals surface area contributed by atoms with Gasteiger partial charge in [-0.2, -0.15) is 0 Å². The fourth-order valence-corrected chi connectivity index (χ4v) is 4.42. The number of aromatic hydroxyl groups is 1. The van der Waals surface area contributed by atoms with Gasteiger partial charge >= 0.3 is 0 Å². The summed E-state index contributed by atoms with van der Waals surface area (Å²) in [5, 5.41) is 10.6. The van der Waals surface area contributed by atoms with Gasteiger partial charge in [0.2, 0.25) is 0 Å². The first-order chi connectivity index (χ1) is 15.8. The monoisotopic (exact) mass is 438 g/mol.